The van der Waals surface area contributed by atoms with Gasteiger partial charge in [-0.15, -0.1) is 10.2 Å². The van der Waals surface area contributed by atoms with E-state index in [1.54, 1.807) is 26.6 Å². The highest BCUT2D eigenvalue weighted by Crippen LogP contribution is 2.37. The molecule has 2 heterocycles. The zero-order valence-electron chi connectivity index (χ0n) is 12.2. The maximum atomic E-state index is 5.39. The van der Waals surface area contributed by atoms with Crippen LogP contribution in [0.25, 0.3) is 22.5 Å². The molecule has 3 rings (SSSR count). The summed E-state index contributed by atoms with van der Waals surface area (Å²) in [5.41, 5.74) is 3.05. The molecule has 0 fully saturated rings. The van der Waals surface area contributed by atoms with Crippen LogP contribution in [0.1, 0.15) is 0 Å². The van der Waals surface area contributed by atoms with E-state index in [1.165, 1.54) is 0 Å². The van der Waals surface area contributed by atoms with Crippen LogP contribution in [-0.4, -0.2) is 34.6 Å². The highest BCUT2D eigenvalue weighted by Gasteiger charge is 2.14. The van der Waals surface area contributed by atoms with E-state index in [-0.39, 0.29) is 0 Å². The first kappa shape index (κ1) is 13.9. The van der Waals surface area contributed by atoms with Crippen LogP contribution < -0.4 is 9.47 Å². The van der Waals surface area contributed by atoms with Crippen molar-refractivity contribution in [1.82, 2.24) is 20.4 Å². The maximum absolute atomic E-state index is 5.39. The van der Waals surface area contributed by atoms with Crippen molar-refractivity contribution in [3.63, 3.8) is 0 Å². The lowest BCUT2D eigenvalue weighted by molar-refractivity contribution is 0.397. The summed E-state index contributed by atoms with van der Waals surface area (Å²) in [6, 6.07) is 11.2. The Balaban J connectivity index is 2.04. The molecule has 0 aliphatic carbocycles. The van der Waals surface area contributed by atoms with Crippen LogP contribution >= 0.6 is 0 Å². The van der Waals surface area contributed by atoms with Gasteiger partial charge in [-0.25, -0.2) is 0 Å². The fraction of sp³-hybridized carbons (Fsp3) is 0.125. The summed E-state index contributed by atoms with van der Waals surface area (Å²) in [7, 11) is 3.23. The van der Waals surface area contributed by atoms with Crippen molar-refractivity contribution in [2.75, 3.05) is 14.2 Å². The molecule has 0 saturated heterocycles. The zero-order valence-corrected chi connectivity index (χ0v) is 12.2. The van der Waals surface area contributed by atoms with Crippen molar-refractivity contribution in [3.8, 4) is 34.0 Å². The third-order valence-electron chi connectivity index (χ3n) is 3.23. The second kappa shape index (κ2) is 6.17. The van der Waals surface area contributed by atoms with Crippen LogP contribution in [0.2, 0.25) is 0 Å². The highest BCUT2D eigenvalue weighted by molar-refractivity contribution is 5.74. The lowest BCUT2D eigenvalue weighted by atomic mass is 10.1. The van der Waals surface area contributed by atoms with E-state index >= 15 is 0 Å². The lowest BCUT2D eigenvalue weighted by Gasteiger charge is -2.12. The Hall–Kier alpha value is -3.02. The van der Waals surface area contributed by atoms with Crippen molar-refractivity contribution in [2.45, 2.75) is 0 Å². The zero-order chi connectivity index (χ0) is 15.4. The number of nitrogens with zero attached hydrogens (tertiary/aromatic N) is 4. The first-order valence-electron chi connectivity index (χ1n) is 6.65. The molecule has 22 heavy (non-hydrogen) atoms. The van der Waals surface area contributed by atoms with Crippen molar-refractivity contribution in [1.29, 1.82) is 0 Å². The van der Waals surface area contributed by atoms with E-state index in [4.69, 9.17) is 9.47 Å². The second-order valence-corrected chi connectivity index (χ2v) is 4.47. The predicted molar refractivity (Wildman–Crippen MR) is 81.6 cm³/mol. The molecule has 0 amide bonds. The first-order chi connectivity index (χ1) is 10.8. The molecule has 0 aliphatic rings. The van der Waals surface area contributed by atoms with Crippen LogP contribution in [0, 0.1) is 0 Å². The third kappa shape index (κ3) is 2.58. The first-order valence-corrected chi connectivity index (χ1v) is 6.65. The SMILES string of the molecule is COc1cccc(OC)c1-c1ccc(-c2ccnnc2)nn1. The van der Waals surface area contributed by atoms with Crippen LogP contribution in [0.4, 0.5) is 0 Å². The Morgan fingerprint density at radius 1 is 0.773 bits per heavy atom. The molecule has 0 saturated carbocycles. The molecule has 110 valence electrons. The van der Waals surface area contributed by atoms with Gasteiger partial charge >= 0.3 is 0 Å². The Kier molecular flexibility index (Phi) is 3.91. The van der Waals surface area contributed by atoms with Gasteiger partial charge in [-0.05, 0) is 30.3 Å². The number of hydrogen-bond acceptors (Lipinski definition) is 6. The summed E-state index contributed by atoms with van der Waals surface area (Å²) < 4.78 is 10.8. The Labute approximate surface area is 127 Å². The van der Waals surface area contributed by atoms with E-state index in [1.807, 2.05) is 36.4 Å². The summed E-state index contributed by atoms with van der Waals surface area (Å²) in [6.07, 6.45) is 3.27. The number of hydrogen-bond donors (Lipinski definition) is 0. The monoisotopic (exact) mass is 294 g/mol. The standard InChI is InChI=1S/C16H14N4O2/c1-21-14-4-3-5-15(22-2)16(14)13-7-6-12(19-20-13)11-8-9-17-18-10-11/h3-10H,1-2H3. The van der Waals surface area contributed by atoms with Crippen LogP contribution in [0.15, 0.2) is 48.8 Å². The van der Waals surface area contributed by atoms with E-state index in [9.17, 15) is 0 Å². The summed E-state index contributed by atoms with van der Waals surface area (Å²) in [4.78, 5) is 0. The van der Waals surface area contributed by atoms with Gasteiger partial charge in [0.2, 0.25) is 0 Å². The Morgan fingerprint density at radius 2 is 1.45 bits per heavy atom. The summed E-state index contributed by atoms with van der Waals surface area (Å²) in [5, 5.41) is 16.1. The van der Waals surface area contributed by atoms with Gasteiger partial charge in [0, 0.05) is 5.56 Å². The summed E-state index contributed by atoms with van der Waals surface area (Å²) >= 11 is 0. The molecule has 0 spiro atoms. The molecule has 0 atom stereocenters. The molecule has 6 nitrogen and oxygen atoms in total. The molecule has 2 aromatic heterocycles. The fourth-order valence-electron chi connectivity index (χ4n) is 2.17. The minimum atomic E-state index is 0.681. The molecule has 6 heteroatoms. The average molecular weight is 294 g/mol. The molecule has 3 aromatic rings. The topological polar surface area (TPSA) is 70.0 Å². The van der Waals surface area contributed by atoms with Gasteiger partial charge in [0.15, 0.2) is 0 Å². The van der Waals surface area contributed by atoms with Crippen molar-refractivity contribution in [3.05, 3.63) is 48.8 Å². The molecule has 0 radical (unpaired) electrons. The Bertz CT molecular complexity index is 739. The smallest absolute Gasteiger partial charge is 0.132 e. The van der Waals surface area contributed by atoms with Gasteiger partial charge in [0.25, 0.3) is 0 Å². The summed E-state index contributed by atoms with van der Waals surface area (Å²) in [5.74, 6) is 1.37. The van der Waals surface area contributed by atoms with Crippen molar-refractivity contribution < 1.29 is 9.47 Å². The van der Waals surface area contributed by atoms with E-state index in [2.05, 4.69) is 20.4 Å². The van der Waals surface area contributed by atoms with Crippen molar-refractivity contribution in [2.24, 2.45) is 0 Å². The third-order valence-corrected chi connectivity index (χ3v) is 3.23. The molecule has 0 N–H and O–H groups in total. The number of benzene rings is 1. The Morgan fingerprint density at radius 3 is 2.00 bits per heavy atom. The molecular formula is C16H14N4O2. The molecule has 0 aliphatic heterocycles. The van der Waals surface area contributed by atoms with E-state index in [0.29, 0.717) is 17.2 Å². The summed E-state index contributed by atoms with van der Waals surface area (Å²) in [6.45, 7) is 0. The van der Waals surface area contributed by atoms with E-state index in [0.717, 1.165) is 16.8 Å². The maximum Gasteiger partial charge on any atom is 0.132 e. The molecule has 0 bridgehead atoms. The van der Waals surface area contributed by atoms with Gasteiger partial charge < -0.3 is 9.47 Å². The molecular weight excluding hydrogens is 280 g/mol. The minimum Gasteiger partial charge on any atom is -0.496 e. The highest BCUT2D eigenvalue weighted by atomic mass is 16.5. The largest absolute Gasteiger partial charge is 0.496 e. The van der Waals surface area contributed by atoms with Gasteiger partial charge in [0.1, 0.15) is 17.2 Å². The predicted octanol–water partition coefficient (Wildman–Crippen LogP) is 2.62. The van der Waals surface area contributed by atoms with Gasteiger partial charge in [-0.1, -0.05) is 6.07 Å². The van der Waals surface area contributed by atoms with Crippen LogP contribution in [0.3, 0.4) is 0 Å². The molecule has 1 aromatic carbocycles. The fourth-order valence-corrected chi connectivity index (χ4v) is 2.17. The number of aromatic nitrogens is 4. The number of ether oxygens (including phenoxy) is 2. The number of rotatable bonds is 4. The average Bonchev–Trinajstić information content (AvgIpc) is 2.62. The normalized spacial score (nSPS) is 10.3. The van der Waals surface area contributed by atoms with Crippen LogP contribution in [0.5, 0.6) is 11.5 Å². The van der Waals surface area contributed by atoms with Crippen LogP contribution in [-0.2, 0) is 0 Å². The second-order valence-electron chi connectivity index (χ2n) is 4.47. The quantitative estimate of drug-likeness (QED) is 0.736. The van der Waals surface area contributed by atoms with Crippen molar-refractivity contribution >= 4 is 0 Å². The molecule has 0 unspecified atom stereocenters. The lowest BCUT2D eigenvalue weighted by Crippen LogP contribution is -1.96. The van der Waals surface area contributed by atoms with Gasteiger partial charge in [-0.3, -0.25) is 0 Å². The van der Waals surface area contributed by atoms with E-state index < -0.39 is 0 Å². The minimum absolute atomic E-state index is 0.681. The van der Waals surface area contributed by atoms with Gasteiger partial charge in [0.05, 0.1) is 37.9 Å². The number of methoxy groups -OCH3 is 2. The van der Waals surface area contributed by atoms with Gasteiger partial charge in [-0.2, -0.15) is 10.2 Å².